The Morgan fingerprint density at radius 3 is 2.60 bits per heavy atom. The Bertz CT molecular complexity index is 1250. The van der Waals surface area contributed by atoms with Gasteiger partial charge in [-0.3, -0.25) is 0 Å². The molecule has 0 amide bonds. The van der Waals surface area contributed by atoms with Crippen LogP contribution in [0.4, 0.5) is 5.82 Å². The third-order valence-electron chi connectivity index (χ3n) is 7.38. The van der Waals surface area contributed by atoms with Gasteiger partial charge in [-0.15, -0.1) is 10.2 Å². The number of anilines is 1. The smallest absolute Gasteiger partial charge is 0.356 e. The fourth-order valence-corrected chi connectivity index (χ4v) is 5.92. The lowest BCUT2D eigenvalue weighted by atomic mass is 9.66. The summed E-state index contributed by atoms with van der Waals surface area (Å²) < 4.78 is 12.1. The number of aromatic carboxylic acids is 1. The Kier molecular flexibility index (Phi) is 5.70. The van der Waals surface area contributed by atoms with Crippen molar-refractivity contribution in [1.29, 1.82) is 0 Å². The van der Waals surface area contributed by atoms with Gasteiger partial charge in [0, 0.05) is 30.1 Å². The minimum Gasteiger partial charge on any atom is -0.476 e. The second-order valence-corrected chi connectivity index (χ2v) is 10.7. The number of carboxylic acids is 1. The minimum atomic E-state index is -1.07. The number of benzene rings is 1. The number of ether oxygens (including phenoxy) is 1. The van der Waals surface area contributed by atoms with E-state index in [4.69, 9.17) is 37.6 Å². The van der Waals surface area contributed by atoms with Crippen LogP contribution in [0.1, 0.15) is 59.8 Å². The van der Waals surface area contributed by atoms with Crippen LogP contribution in [0.15, 0.2) is 34.9 Å². The fourth-order valence-electron chi connectivity index (χ4n) is 5.35. The highest BCUT2D eigenvalue weighted by Crippen LogP contribution is 2.51. The molecule has 2 saturated carbocycles. The highest BCUT2D eigenvalue weighted by atomic mass is 35.5. The van der Waals surface area contributed by atoms with E-state index in [1.54, 1.807) is 18.2 Å². The van der Waals surface area contributed by atoms with Crippen molar-refractivity contribution < 1.29 is 19.2 Å². The molecule has 0 unspecified atom stereocenters. The van der Waals surface area contributed by atoms with Gasteiger partial charge >= 0.3 is 5.97 Å². The first kappa shape index (κ1) is 22.8. The van der Waals surface area contributed by atoms with E-state index in [9.17, 15) is 4.79 Å². The summed E-state index contributed by atoms with van der Waals surface area (Å²) >= 11 is 12.9. The zero-order valence-corrected chi connectivity index (χ0v) is 20.4. The molecule has 10 heteroatoms. The Balaban J connectivity index is 1.11. The Labute approximate surface area is 212 Å². The van der Waals surface area contributed by atoms with Crippen LogP contribution in [-0.2, 0) is 11.3 Å². The first-order chi connectivity index (χ1) is 16.9. The van der Waals surface area contributed by atoms with Gasteiger partial charge in [-0.2, -0.15) is 0 Å². The molecule has 1 N–H and O–H groups in total. The summed E-state index contributed by atoms with van der Waals surface area (Å²) in [4.78, 5) is 13.2. The molecule has 3 aromatic rings. The number of rotatable bonds is 7. The van der Waals surface area contributed by atoms with Gasteiger partial charge in [0.2, 0.25) is 0 Å². The van der Waals surface area contributed by atoms with Crippen molar-refractivity contribution in [2.75, 3.05) is 18.0 Å². The van der Waals surface area contributed by atoms with Gasteiger partial charge in [-0.1, -0.05) is 34.4 Å². The number of hydrogen-bond donors (Lipinski definition) is 1. The lowest BCUT2D eigenvalue weighted by Gasteiger charge is -2.44. The first-order valence-electron chi connectivity index (χ1n) is 11.8. The molecule has 2 aliphatic carbocycles. The summed E-state index contributed by atoms with van der Waals surface area (Å²) in [5.74, 6) is 0.927. The van der Waals surface area contributed by atoms with E-state index < -0.39 is 5.97 Å². The lowest BCUT2D eigenvalue weighted by Crippen LogP contribution is -2.44. The van der Waals surface area contributed by atoms with Gasteiger partial charge in [0.1, 0.15) is 11.5 Å². The van der Waals surface area contributed by atoms with Crippen molar-refractivity contribution in [3.05, 3.63) is 57.4 Å². The number of nitrogens with zero attached hydrogens (tertiary/aromatic N) is 4. The topological polar surface area (TPSA) is 102 Å². The molecule has 8 nitrogen and oxygen atoms in total. The maximum absolute atomic E-state index is 11.0. The van der Waals surface area contributed by atoms with Crippen LogP contribution in [0.25, 0.3) is 11.3 Å². The van der Waals surface area contributed by atoms with E-state index in [0.717, 1.165) is 62.3 Å². The molecular formula is C25H24Cl2N4O4. The molecule has 2 aromatic heterocycles. The average molecular weight is 515 g/mol. The van der Waals surface area contributed by atoms with Crippen LogP contribution < -0.4 is 4.90 Å². The SMILES string of the molecule is O=C(O)c1ccc(N2CCC3(CC(OCc4c(-c5c(Cl)cccc5Cl)noc4C4CC4)C3)C2)nn1. The van der Waals surface area contributed by atoms with Crippen LogP contribution in [0.2, 0.25) is 10.0 Å². The standard InChI is InChI=1S/C25H24Cl2N4O4/c26-17-2-1-3-18(27)21(17)22-16(23(35-30-22)14-4-5-14)12-34-15-10-25(11-15)8-9-31(13-25)20-7-6-19(24(32)33)28-29-20/h1-3,6-7,14-15H,4-5,8-13H2,(H,32,33). The quantitative estimate of drug-likeness (QED) is 0.435. The molecule has 0 atom stereocenters. The molecule has 1 aromatic carbocycles. The number of hydrogen-bond acceptors (Lipinski definition) is 7. The first-order valence-corrected chi connectivity index (χ1v) is 12.5. The van der Waals surface area contributed by atoms with E-state index in [1.807, 2.05) is 6.07 Å². The molecule has 3 heterocycles. The highest BCUT2D eigenvalue weighted by Gasteiger charge is 2.49. The van der Waals surface area contributed by atoms with Crippen molar-refractivity contribution in [2.24, 2.45) is 5.41 Å². The summed E-state index contributed by atoms with van der Waals surface area (Å²) in [5.41, 5.74) is 2.46. The van der Waals surface area contributed by atoms with Crippen molar-refractivity contribution >= 4 is 35.0 Å². The summed E-state index contributed by atoms with van der Waals surface area (Å²) in [5, 5.41) is 22.4. The third kappa shape index (κ3) is 4.28. The monoisotopic (exact) mass is 514 g/mol. The van der Waals surface area contributed by atoms with Gasteiger partial charge in [-0.05, 0) is 61.8 Å². The van der Waals surface area contributed by atoms with E-state index in [1.165, 1.54) is 6.07 Å². The maximum Gasteiger partial charge on any atom is 0.356 e. The molecule has 35 heavy (non-hydrogen) atoms. The molecule has 0 radical (unpaired) electrons. The van der Waals surface area contributed by atoms with E-state index in [0.29, 0.717) is 33.8 Å². The molecular weight excluding hydrogens is 491 g/mol. The maximum atomic E-state index is 11.0. The molecule has 1 saturated heterocycles. The molecule has 1 spiro atoms. The van der Waals surface area contributed by atoms with Crippen LogP contribution >= 0.6 is 23.2 Å². The Morgan fingerprint density at radius 1 is 1.17 bits per heavy atom. The second kappa shape index (κ2) is 8.76. The van der Waals surface area contributed by atoms with Crippen molar-refractivity contribution in [3.63, 3.8) is 0 Å². The van der Waals surface area contributed by atoms with E-state index in [2.05, 4.69) is 20.3 Å². The van der Waals surface area contributed by atoms with Gasteiger partial charge in [0.25, 0.3) is 0 Å². The van der Waals surface area contributed by atoms with Crippen molar-refractivity contribution in [1.82, 2.24) is 15.4 Å². The summed E-state index contributed by atoms with van der Waals surface area (Å²) in [6.45, 7) is 2.16. The minimum absolute atomic E-state index is 0.0449. The molecule has 3 fully saturated rings. The van der Waals surface area contributed by atoms with Gasteiger partial charge < -0.3 is 19.3 Å². The van der Waals surface area contributed by atoms with Crippen molar-refractivity contribution in [2.45, 2.75) is 50.7 Å². The number of aromatic nitrogens is 3. The predicted octanol–water partition coefficient (Wildman–Crippen LogP) is 5.59. The molecule has 1 aliphatic heterocycles. The van der Waals surface area contributed by atoms with Gasteiger partial charge in [0.15, 0.2) is 11.5 Å². The molecule has 3 aliphatic rings. The van der Waals surface area contributed by atoms with Crippen LogP contribution in [0.5, 0.6) is 0 Å². The zero-order valence-electron chi connectivity index (χ0n) is 18.9. The molecule has 0 bridgehead atoms. The Hall–Kier alpha value is -2.68. The number of carbonyl (C=O) groups is 1. The highest BCUT2D eigenvalue weighted by molar-refractivity contribution is 6.39. The largest absolute Gasteiger partial charge is 0.476 e. The second-order valence-electron chi connectivity index (χ2n) is 9.84. The normalized spacial score (nSPS) is 23.6. The van der Waals surface area contributed by atoms with E-state index >= 15 is 0 Å². The fraction of sp³-hybridized carbons (Fsp3) is 0.440. The zero-order chi connectivity index (χ0) is 24.2. The number of carboxylic acid groups (broad SMARTS) is 1. The molecule has 6 rings (SSSR count). The van der Waals surface area contributed by atoms with Crippen molar-refractivity contribution in [3.8, 4) is 11.3 Å². The van der Waals surface area contributed by atoms with Crippen LogP contribution in [0, 0.1) is 5.41 Å². The third-order valence-corrected chi connectivity index (χ3v) is 8.01. The van der Waals surface area contributed by atoms with Gasteiger partial charge in [-0.25, -0.2) is 4.79 Å². The number of halogens is 2. The summed E-state index contributed by atoms with van der Waals surface area (Å²) in [7, 11) is 0. The predicted molar refractivity (Wildman–Crippen MR) is 130 cm³/mol. The summed E-state index contributed by atoms with van der Waals surface area (Å²) in [6.07, 6.45) is 5.34. The Morgan fingerprint density at radius 2 is 1.94 bits per heavy atom. The average Bonchev–Trinajstić information content (AvgIpc) is 3.43. The summed E-state index contributed by atoms with van der Waals surface area (Å²) in [6, 6.07) is 8.66. The van der Waals surface area contributed by atoms with Crippen LogP contribution in [-0.4, -0.2) is 45.6 Å². The van der Waals surface area contributed by atoms with Gasteiger partial charge in [0.05, 0.1) is 22.8 Å². The van der Waals surface area contributed by atoms with Crippen LogP contribution in [0.3, 0.4) is 0 Å². The van der Waals surface area contributed by atoms with E-state index in [-0.39, 0.29) is 17.2 Å². The lowest BCUT2D eigenvalue weighted by molar-refractivity contribution is -0.0796. The molecule has 182 valence electrons.